The molecule has 4 rings (SSSR count). The number of halogens is 1. The number of ether oxygens (including phenoxy) is 1. The lowest BCUT2D eigenvalue weighted by atomic mass is 9.74. The molecular formula is C23H20FNO2. The van der Waals surface area contributed by atoms with Crippen LogP contribution < -0.4 is 4.74 Å². The Morgan fingerprint density at radius 1 is 0.926 bits per heavy atom. The fraction of sp³-hybridized carbons (Fsp3) is 0.174. The van der Waals surface area contributed by atoms with E-state index in [1.807, 2.05) is 60.7 Å². The quantitative estimate of drug-likeness (QED) is 0.620. The first kappa shape index (κ1) is 17.3. The Morgan fingerprint density at radius 3 is 2.19 bits per heavy atom. The summed E-state index contributed by atoms with van der Waals surface area (Å²) in [6, 6.07) is 25.1. The van der Waals surface area contributed by atoms with Crippen LogP contribution in [0.4, 0.5) is 4.39 Å². The molecule has 0 unspecified atom stereocenters. The number of hydrogen-bond acceptors (Lipinski definition) is 2. The highest BCUT2D eigenvalue weighted by molar-refractivity contribution is 5.95. The second kappa shape index (κ2) is 6.88. The van der Waals surface area contributed by atoms with Crippen molar-refractivity contribution in [3.63, 3.8) is 0 Å². The van der Waals surface area contributed by atoms with Crippen LogP contribution >= 0.6 is 0 Å². The Kier molecular flexibility index (Phi) is 4.40. The van der Waals surface area contributed by atoms with Crippen LogP contribution in [0.3, 0.4) is 0 Å². The molecule has 4 heteroatoms. The van der Waals surface area contributed by atoms with Gasteiger partial charge < -0.3 is 9.64 Å². The van der Waals surface area contributed by atoms with Crippen molar-refractivity contribution in [3.8, 4) is 5.75 Å². The third-order valence-corrected chi connectivity index (χ3v) is 5.07. The lowest BCUT2D eigenvalue weighted by Gasteiger charge is -2.52. The second-order valence-corrected chi connectivity index (χ2v) is 6.64. The van der Waals surface area contributed by atoms with E-state index >= 15 is 4.39 Å². The number of alkyl halides is 1. The molecule has 0 radical (unpaired) electrons. The molecule has 1 amide bonds. The van der Waals surface area contributed by atoms with Gasteiger partial charge in [-0.2, -0.15) is 0 Å². The Hall–Kier alpha value is -3.14. The van der Waals surface area contributed by atoms with E-state index in [0.717, 1.165) is 11.1 Å². The summed E-state index contributed by atoms with van der Waals surface area (Å²) < 4.78 is 21.7. The van der Waals surface area contributed by atoms with Gasteiger partial charge in [-0.25, -0.2) is 4.39 Å². The summed E-state index contributed by atoms with van der Waals surface area (Å²) >= 11 is 0. The minimum atomic E-state index is -2.15. The molecule has 1 aliphatic heterocycles. The molecule has 0 spiro atoms. The molecule has 1 aliphatic rings. The first-order valence-electron chi connectivity index (χ1n) is 8.88. The molecule has 1 heterocycles. The first-order chi connectivity index (χ1) is 13.2. The number of carbonyl (C=O) groups excluding carboxylic acids is 1. The highest BCUT2D eigenvalue weighted by Crippen LogP contribution is 2.55. The van der Waals surface area contributed by atoms with Crippen LogP contribution in [0.5, 0.6) is 5.75 Å². The van der Waals surface area contributed by atoms with Crippen LogP contribution in [0.15, 0.2) is 84.9 Å². The van der Waals surface area contributed by atoms with Gasteiger partial charge in [-0.15, -0.1) is 0 Å². The molecule has 1 saturated heterocycles. The van der Waals surface area contributed by atoms with Crippen molar-refractivity contribution < 1.29 is 13.9 Å². The zero-order valence-corrected chi connectivity index (χ0v) is 15.0. The fourth-order valence-corrected chi connectivity index (χ4v) is 3.79. The van der Waals surface area contributed by atoms with Crippen molar-refractivity contribution >= 4 is 5.91 Å². The molecule has 1 fully saturated rings. The van der Waals surface area contributed by atoms with E-state index in [0.29, 0.717) is 12.3 Å². The molecule has 3 aromatic carbocycles. The molecule has 27 heavy (non-hydrogen) atoms. The molecule has 3 nitrogen and oxygen atoms in total. The fourth-order valence-electron chi connectivity index (χ4n) is 3.79. The normalized spacial score (nSPS) is 21.6. The summed E-state index contributed by atoms with van der Waals surface area (Å²) in [6.45, 7) is 0.361. The van der Waals surface area contributed by atoms with Gasteiger partial charge in [-0.1, -0.05) is 78.9 Å². The lowest BCUT2D eigenvalue weighted by molar-refractivity contribution is -0.181. The number of nitrogens with zero attached hydrogens (tertiary/aromatic N) is 1. The number of rotatable bonds is 5. The predicted molar refractivity (Wildman–Crippen MR) is 102 cm³/mol. The van der Waals surface area contributed by atoms with Crippen molar-refractivity contribution in [2.24, 2.45) is 0 Å². The summed E-state index contributed by atoms with van der Waals surface area (Å²) in [5, 5.41) is 0. The van der Waals surface area contributed by atoms with Gasteiger partial charge in [-0.3, -0.25) is 4.79 Å². The van der Waals surface area contributed by atoms with Gasteiger partial charge >= 0.3 is 0 Å². The number of hydrogen-bond donors (Lipinski definition) is 0. The van der Waals surface area contributed by atoms with Crippen molar-refractivity contribution in [2.75, 3.05) is 7.11 Å². The topological polar surface area (TPSA) is 29.5 Å². The number of amides is 1. The maximum atomic E-state index is 16.3. The Bertz CT molecular complexity index is 945. The molecule has 2 atom stereocenters. The molecule has 136 valence electrons. The Morgan fingerprint density at radius 2 is 1.52 bits per heavy atom. The lowest BCUT2D eigenvalue weighted by Crippen LogP contribution is -2.63. The molecule has 0 bridgehead atoms. The monoisotopic (exact) mass is 361 g/mol. The van der Waals surface area contributed by atoms with Gasteiger partial charge in [0.05, 0.1) is 7.11 Å². The average molecular weight is 361 g/mol. The average Bonchev–Trinajstić information content (AvgIpc) is 2.74. The van der Waals surface area contributed by atoms with E-state index < -0.39 is 17.6 Å². The van der Waals surface area contributed by atoms with Gasteiger partial charge in [0.25, 0.3) is 5.91 Å². The number of para-hydroxylation sites is 1. The van der Waals surface area contributed by atoms with Crippen LogP contribution in [0.25, 0.3) is 0 Å². The largest absolute Gasteiger partial charge is 0.496 e. The van der Waals surface area contributed by atoms with Crippen LogP contribution in [0.2, 0.25) is 0 Å². The number of methoxy groups -OCH3 is 1. The maximum Gasteiger partial charge on any atom is 0.268 e. The van der Waals surface area contributed by atoms with E-state index in [4.69, 9.17) is 4.74 Å². The van der Waals surface area contributed by atoms with Gasteiger partial charge in [-0.05, 0) is 17.2 Å². The van der Waals surface area contributed by atoms with Crippen LogP contribution in [0, 0.1) is 0 Å². The number of β-lactam (4-membered cyclic amide) rings is 1. The Balaban J connectivity index is 1.78. The second-order valence-electron chi connectivity index (χ2n) is 6.64. The molecular weight excluding hydrogens is 341 g/mol. The summed E-state index contributed by atoms with van der Waals surface area (Å²) in [4.78, 5) is 14.6. The van der Waals surface area contributed by atoms with E-state index in [1.54, 1.807) is 29.2 Å². The first-order valence-corrected chi connectivity index (χ1v) is 8.88. The van der Waals surface area contributed by atoms with Crippen molar-refractivity contribution in [2.45, 2.75) is 18.3 Å². The van der Waals surface area contributed by atoms with Crippen molar-refractivity contribution in [1.82, 2.24) is 4.90 Å². The summed E-state index contributed by atoms with van der Waals surface area (Å²) in [5.41, 5.74) is -0.145. The molecule has 3 aromatic rings. The van der Waals surface area contributed by atoms with Gasteiger partial charge in [0.1, 0.15) is 11.8 Å². The third-order valence-electron chi connectivity index (χ3n) is 5.07. The Labute approximate surface area is 158 Å². The standard InChI is InChI=1S/C23H20FNO2/c1-27-20-15-9-8-14-19(20)23(24)21(18-12-6-3-7-13-18)25(22(23)26)16-17-10-4-2-5-11-17/h2-15,21H,16H2,1H3/t21-,23+/m1/s1. The predicted octanol–water partition coefficient (Wildman–Crippen LogP) is 4.64. The molecule has 0 N–H and O–H groups in total. The smallest absolute Gasteiger partial charge is 0.268 e. The minimum absolute atomic E-state index is 0.274. The van der Waals surface area contributed by atoms with E-state index in [-0.39, 0.29) is 5.56 Å². The van der Waals surface area contributed by atoms with Gasteiger partial charge in [0.2, 0.25) is 5.67 Å². The molecule has 0 aromatic heterocycles. The van der Waals surface area contributed by atoms with Crippen LogP contribution in [0.1, 0.15) is 22.7 Å². The zero-order valence-electron chi connectivity index (χ0n) is 15.0. The highest BCUT2D eigenvalue weighted by Gasteiger charge is 2.64. The zero-order chi connectivity index (χ0) is 18.9. The maximum absolute atomic E-state index is 16.3. The highest BCUT2D eigenvalue weighted by atomic mass is 19.1. The number of benzene rings is 3. The third kappa shape index (κ3) is 2.78. The van der Waals surface area contributed by atoms with Gasteiger partial charge in [0, 0.05) is 12.1 Å². The number of likely N-dealkylation sites (tertiary alicyclic amines) is 1. The SMILES string of the molecule is COc1ccccc1[C@@]1(F)C(=O)N(Cc2ccccc2)[C@@H]1c1ccccc1. The summed E-state index contributed by atoms with van der Waals surface area (Å²) in [7, 11) is 1.49. The van der Waals surface area contributed by atoms with Crippen molar-refractivity contribution in [1.29, 1.82) is 0 Å². The molecule has 0 saturated carbocycles. The van der Waals surface area contributed by atoms with Gasteiger partial charge in [0.15, 0.2) is 0 Å². The molecule has 0 aliphatic carbocycles. The van der Waals surface area contributed by atoms with Crippen molar-refractivity contribution in [3.05, 3.63) is 102 Å². The van der Waals surface area contributed by atoms with E-state index in [9.17, 15) is 4.79 Å². The minimum Gasteiger partial charge on any atom is -0.496 e. The van der Waals surface area contributed by atoms with Crippen LogP contribution in [-0.4, -0.2) is 17.9 Å². The summed E-state index contributed by atoms with van der Waals surface area (Å²) in [5.74, 6) is -0.154. The van der Waals surface area contributed by atoms with E-state index in [2.05, 4.69) is 0 Å². The van der Waals surface area contributed by atoms with Crippen LogP contribution in [-0.2, 0) is 17.0 Å². The summed E-state index contributed by atoms with van der Waals surface area (Å²) in [6.07, 6.45) is 0. The van der Waals surface area contributed by atoms with E-state index in [1.165, 1.54) is 7.11 Å². The number of carbonyl (C=O) groups is 1.